The topological polar surface area (TPSA) is 22.3 Å². The van der Waals surface area contributed by atoms with E-state index in [1.165, 1.54) is 102 Å². The highest BCUT2D eigenvalue weighted by Crippen LogP contribution is 2.48. The van der Waals surface area contributed by atoms with Crippen molar-refractivity contribution in [2.75, 3.05) is 4.90 Å². The van der Waals surface area contributed by atoms with Crippen molar-refractivity contribution in [1.29, 1.82) is 0 Å². The third-order valence-corrected chi connectivity index (χ3v) is 21.9. The minimum absolute atomic E-state index is 0.0218. The van der Waals surface area contributed by atoms with Crippen LogP contribution in [-0.2, 0) is 0 Å². The van der Waals surface area contributed by atoms with Gasteiger partial charge in [-0.25, -0.2) is 0 Å². The van der Waals surface area contributed by atoms with Crippen molar-refractivity contribution in [3.05, 3.63) is 255 Å². The summed E-state index contributed by atoms with van der Waals surface area (Å²) in [7, 11) is -3.27. The molecule has 4 nitrogen and oxygen atoms in total. The monoisotopic (exact) mass is 963 g/mol. The highest BCUT2D eigenvalue weighted by Gasteiger charge is 2.50. The predicted octanol–water partition coefficient (Wildman–Crippen LogP) is 12.1. The van der Waals surface area contributed by atoms with Gasteiger partial charge in [0, 0.05) is 54.1 Å². The number of fused-ring (bicyclic) bond motifs is 12. The van der Waals surface area contributed by atoms with Gasteiger partial charge in [0.1, 0.15) is 11.5 Å². The molecule has 0 spiro atoms. The van der Waals surface area contributed by atoms with Crippen molar-refractivity contribution in [2.24, 2.45) is 0 Å². The SMILES string of the molecule is c1ccc([Si]2(c3ccccc3)c3cc(-n4c5ccccc5c5ccccc54)ccc3N(c3ccc4c5c3Sc3ccccc3B5c3ccccc3O4)c3ccc(-n4c5ccccc5c5ccccc54)cc32)cc1. The lowest BCUT2D eigenvalue weighted by Crippen LogP contribution is -2.77. The molecule has 0 saturated carbocycles. The molecule has 16 rings (SSSR count). The van der Waals surface area contributed by atoms with E-state index in [0.29, 0.717) is 0 Å². The minimum atomic E-state index is -3.27. The Bertz CT molecular complexity index is 4110. The molecule has 0 radical (unpaired) electrons. The molecule has 7 heteroatoms. The van der Waals surface area contributed by atoms with E-state index in [9.17, 15) is 0 Å². The average Bonchev–Trinajstić information content (AvgIpc) is 3.98. The number of aromatic nitrogens is 2. The van der Waals surface area contributed by atoms with E-state index in [1.54, 1.807) is 0 Å². The van der Waals surface area contributed by atoms with Gasteiger partial charge in [-0.1, -0.05) is 187 Å². The first kappa shape index (κ1) is 40.9. The van der Waals surface area contributed by atoms with Crippen molar-refractivity contribution < 1.29 is 4.74 Å². The van der Waals surface area contributed by atoms with Gasteiger partial charge in [-0.15, -0.1) is 0 Å². The largest absolute Gasteiger partial charge is 0.458 e. The summed E-state index contributed by atoms with van der Waals surface area (Å²) in [4.78, 5) is 5.11. The van der Waals surface area contributed by atoms with Crippen LogP contribution in [0, 0.1) is 0 Å². The first-order valence-corrected chi connectivity index (χ1v) is 27.9. The summed E-state index contributed by atoms with van der Waals surface area (Å²) in [6.07, 6.45) is 0. The maximum Gasteiger partial charge on any atom is 0.253 e. The van der Waals surface area contributed by atoms with E-state index in [4.69, 9.17) is 4.74 Å². The number of rotatable bonds is 5. The van der Waals surface area contributed by atoms with Crippen LogP contribution in [0.25, 0.3) is 55.0 Å². The smallest absolute Gasteiger partial charge is 0.253 e. The summed E-state index contributed by atoms with van der Waals surface area (Å²) in [5.41, 5.74) is 14.3. The normalized spacial score (nSPS) is 13.9. The third kappa shape index (κ3) is 5.69. The highest BCUT2D eigenvalue weighted by molar-refractivity contribution is 8.00. The Hall–Kier alpha value is -8.75. The molecular weight excluding hydrogens is 922 g/mol. The number of ether oxygens (including phenoxy) is 1. The quantitative estimate of drug-likeness (QED) is 0.161. The summed E-state index contributed by atoms with van der Waals surface area (Å²) in [5, 5.41) is 10.3. The van der Waals surface area contributed by atoms with Crippen molar-refractivity contribution in [1.82, 2.24) is 9.13 Å². The van der Waals surface area contributed by atoms with Crippen LogP contribution in [0.4, 0.5) is 17.1 Å². The summed E-state index contributed by atoms with van der Waals surface area (Å²) >= 11 is 1.88. The van der Waals surface area contributed by atoms with Crippen molar-refractivity contribution in [3.63, 3.8) is 0 Å². The van der Waals surface area contributed by atoms with E-state index < -0.39 is 8.07 Å². The zero-order valence-electron chi connectivity index (χ0n) is 39.5. The standard InChI is InChI=1S/C66H42BN3OSSi/c1-3-19-45(20-4-1)73(46-21-5-2-6-22-46)63-41-43(68-53-29-13-7-23-47(53)48-24-8-14-30-54(48)68)35-37-57(63)70(58-38-36-44(42-64(58)73)69-55-31-15-9-25-49(55)50-26-10-16-32-56(50)69)59-39-40-61-65-66(59)72-62-34-18-12-28-52(62)67(65)51-27-11-17-33-60(51)71-61/h1-42H. The van der Waals surface area contributed by atoms with Crippen molar-refractivity contribution in [2.45, 2.75) is 9.79 Å². The lowest BCUT2D eigenvalue weighted by Gasteiger charge is -2.46. The van der Waals surface area contributed by atoms with Crippen LogP contribution >= 0.6 is 11.8 Å². The second kappa shape index (κ2) is 15.6. The Balaban J connectivity index is 1.05. The van der Waals surface area contributed by atoms with Crippen LogP contribution in [0.15, 0.2) is 265 Å². The number of hydrogen-bond acceptors (Lipinski definition) is 3. The molecule has 0 unspecified atom stereocenters. The minimum Gasteiger partial charge on any atom is -0.458 e. The Labute approximate surface area is 428 Å². The summed E-state index contributed by atoms with van der Waals surface area (Å²) < 4.78 is 11.9. The zero-order valence-corrected chi connectivity index (χ0v) is 41.3. The van der Waals surface area contributed by atoms with Crippen LogP contribution in [-0.4, -0.2) is 23.9 Å². The summed E-state index contributed by atoms with van der Waals surface area (Å²) in [5.74, 6) is 1.84. The molecule has 3 aliphatic rings. The molecule has 0 aliphatic carbocycles. The Morgan fingerprint density at radius 2 is 0.808 bits per heavy atom. The maximum absolute atomic E-state index is 6.89. The molecule has 0 saturated heterocycles. The van der Waals surface area contributed by atoms with Gasteiger partial charge in [0.2, 0.25) is 0 Å². The number of anilines is 3. The molecule has 3 aliphatic heterocycles. The fourth-order valence-electron chi connectivity index (χ4n) is 13.0. The van der Waals surface area contributed by atoms with E-state index in [-0.39, 0.29) is 6.71 Å². The molecule has 73 heavy (non-hydrogen) atoms. The molecule has 0 bridgehead atoms. The van der Waals surface area contributed by atoms with Crippen LogP contribution in [0.2, 0.25) is 0 Å². The second-order valence-corrected chi connectivity index (χ2v) is 24.3. The maximum atomic E-state index is 6.89. The highest BCUT2D eigenvalue weighted by atomic mass is 32.2. The molecule has 0 atom stereocenters. The Morgan fingerprint density at radius 3 is 1.34 bits per heavy atom. The van der Waals surface area contributed by atoms with Gasteiger partial charge in [0.15, 0.2) is 8.07 Å². The molecular formula is C66H42BN3OSSi. The van der Waals surface area contributed by atoms with Crippen LogP contribution < -0.4 is 46.8 Å². The summed E-state index contributed by atoms with van der Waals surface area (Å²) in [6.45, 7) is 0.0218. The molecule has 0 amide bonds. The molecule has 5 heterocycles. The third-order valence-electron chi connectivity index (χ3n) is 15.9. The number of nitrogens with zero attached hydrogens (tertiary/aromatic N) is 3. The Morgan fingerprint density at radius 1 is 0.370 bits per heavy atom. The van der Waals surface area contributed by atoms with Gasteiger partial charge < -0.3 is 18.8 Å². The van der Waals surface area contributed by atoms with Gasteiger partial charge in [0.25, 0.3) is 6.71 Å². The average molecular weight is 964 g/mol. The van der Waals surface area contributed by atoms with Crippen LogP contribution in [0.3, 0.4) is 0 Å². The molecule has 2 aromatic heterocycles. The summed E-state index contributed by atoms with van der Waals surface area (Å²) in [6, 6.07) is 95.3. The van der Waals surface area contributed by atoms with Gasteiger partial charge >= 0.3 is 0 Å². The number of benzene rings is 11. The lowest BCUT2D eigenvalue weighted by atomic mass is 9.35. The fraction of sp³-hybridized carbons (Fsp3) is 0. The molecule has 13 aromatic rings. The lowest BCUT2D eigenvalue weighted by molar-refractivity contribution is 0.486. The first-order chi connectivity index (χ1) is 36.2. The molecule has 0 N–H and O–H groups in total. The van der Waals surface area contributed by atoms with E-state index in [2.05, 4.69) is 269 Å². The number of hydrogen-bond donors (Lipinski definition) is 0. The second-order valence-electron chi connectivity index (χ2n) is 19.5. The first-order valence-electron chi connectivity index (χ1n) is 25.1. The fourth-order valence-corrected chi connectivity index (χ4v) is 19.4. The van der Waals surface area contributed by atoms with Crippen molar-refractivity contribution in [3.8, 4) is 22.9 Å². The van der Waals surface area contributed by atoms with Gasteiger partial charge in [-0.05, 0) is 117 Å². The zero-order chi connectivity index (χ0) is 47.8. The molecule has 340 valence electrons. The molecule has 0 fully saturated rings. The van der Waals surface area contributed by atoms with Gasteiger partial charge in [-0.2, -0.15) is 0 Å². The van der Waals surface area contributed by atoms with Gasteiger partial charge in [0.05, 0.1) is 27.8 Å². The van der Waals surface area contributed by atoms with Gasteiger partial charge in [-0.3, -0.25) is 0 Å². The van der Waals surface area contributed by atoms with E-state index >= 15 is 0 Å². The van der Waals surface area contributed by atoms with Crippen LogP contribution in [0.5, 0.6) is 11.5 Å². The number of para-hydroxylation sites is 5. The van der Waals surface area contributed by atoms with Crippen molar-refractivity contribution >= 4 is 124 Å². The predicted molar refractivity (Wildman–Crippen MR) is 309 cm³/mol. The van der Waals surface area contributed by atoms with Crippen LogP contribution in [0.1, 0.15) is 0 Å². The van der Waals surface area contributed by atoms with E-state index in [1.807, 2.05) is 11.8 Å². The molecule has 11 aromatic carbocycles. The Kier molecular flexibility index (Phi) is 8.76. The van der Waals surface area contributed by atoms with E-state index in [0.717, 1.165) is 28.6 Å².